The fourth-order valence-corrected chi connectivity index (χ4v) is 2.84. The van der Waals surface area contributed by atoms with Crippen LogP contribution in [0.3, 0.4) is 0 Å². The maximum Gasteiger partial charge on any atom is 0.205 e. The normalized spacial score (nSPS) is 12.0. The first-order valence-corrected chi connectivity index (χ1v) is 7.81. The molecule has 0 radical (unpaired) electrons. The van der Waals surface area contributed by atoms with E-state index in [1.165, 1.54) is 16.9 Å². The number of benzene rings is 1. The van der Waals surface area contributed by atoms with Crippen LogP contribution in [0.5, 0.6) is 0 Å². The van der Waals surface area contributed by atoms with E-state index in [4.69, 9.17) is 0 Å². The molecule has 3 rings (SSSR count). The molecule has 1 aromatic carbocycles. The summed E-state index contributed by atoms with van der Waals surface area (Å²) in [4.78, 5) is 3.94. The molecule has 0 saturated heterocycles. The number of anilines is 1. The van der Waals surface area contributed by atoms with Crippen molar-refractivity contribution < 1.29 is 5.11 Å². The third kappa shape index (κ3) is 3.87. The predicted molar refractivity (Wildman–Crippen MR) is 86.8 cm³/mol. The first-order chi connectivity index (χ1) is 10.8. The minimum Gasteiger partial charge on any atom is -0.387 e. The van der Waals surface area contributed by atoms with Crippen LogP contribution in [0.4, 0.5) is 5.13 Å². The van der Waals surface area contributed by atoms with Gasteiger partial charge in [0.2, 0.25) is 5.13 Å². The molecule has 2 aromatic heterocycles. The third-order valence-corrected chi connectivity index (χ3v) is 4.08. The van der Waals surface area contributed by atoms with Crippen molar-refractivity contribution >= 4 is 16.5 Å². The van der Waals surface area contributed by atoms with Crippen LogP contribution in [0, 0.1) is 0 Å². The van der Waals surface area contributed by atoms with Crippen molar-refractivity contribution in [3.63, 3.8) is 0 Å². The highest BCUT2D eigenvalue weighted by Gasteiger charge is 2.09. The summed E-state index contributed by atoms with van der Waals surface area (Å²) in [7, 11) is 0. The number of aromatic nitrogens is 3. The van der Waals surface area contributed by atoms with Gasteiger partial charge in [-0.25, -0.2) is 0 Å². The summed E-state index contributed by atoms with van der Waals surface area (Å²) in [6.07, 6.45) is 3.51. The number of nitrogens with zero attached hydrogens (tertiary/aromatic N) is 3. The van der Waals surface area contributed by atoms with Crippen LogP contribution < -0.4 is 5.32 Å². The zero-order valence-corrected chi connectivity index (χ0v) is 12.7. The van der Waals surface area contributed by atoms with Crippen molar-refractivity contribution in [2.24, 2.45) is 0 Å². The van der Waals surface area contributed by atoms with Gasteiger partial charge < -0.3 is 10.4 Å². The minimum atomic E-state index is -0.593. The molecule has 0 aliphatic heterocycles. The monoisotopic (exact) mass is 312 g/mol. The van der Waals surface area contributed by atoms with Gasteiger partial charge in [0.25, 0.3) is 0 Å². The summed E-state index contributed by atoms with van der Waals surface area (Å²) < 4.78 is 0. The van der Waals surface area contributed by atoms with E-state index >= 15 is 0 Å². The Morgan fingerprint density at radius 3 is 2.59 bits per heavy atom. The molecule has 112 valence electrons. The summed E-state index contributed by atoms with van der Waals surface area (Å²) in [6.45, 7) is 0.393. The number of aliphatic hydroxyl groups is 1. The maximum atomic E-state index is 10.1. The summed E-state index contributed by atoms with van der Waals surface area (Å²) in [5.74, 6) is 0. The Kier molecular flexibility index (Phi) is 4.72. The first-order valence-electron chi connectivity index (χ1n) is 6.99. The van der Waals surface area contributed by atoms with Gasteiger partial charge in [-0.1, -0.05) is 41.7 Å². The molecule has 2 heterocycles. The molecule has 1 atom stereocenters. The Labute approximate surface area is 132 Å². The zero-order valence-electron chi connectivity index (χ0n) is 11.9. The smallest absolute Gasteiger partial charge is 0.205 e. The third-order valence-electron chi connectivity index (χ3n) is 3.20. The van der Waals surface area contributed by atoms with Crippen LogP contribution in [0.2, 0.25) is 0 Å². The first kappa shape index (κ1) is 14.6. The van der Waals surface area contributed by atoms with E-state index in [1.807, 2.05) is 18.2 Å². The Bertz CT molecular complexity index is 702. The molecule has 3 aromatic rings. The molecule has 0 aliphatic rings. The molecule has 0 bridgehead atoms. The van der Waals surface area contributed by atoms with E-state index in [2.05, 4.69) is 32.6 Å². The van der Waals surface area contributed by atoms with Crippen molar-refractivity contribution in [2.45, 2.75) is 12.5 Å². The van der Waals surface area contributed by atoms with Gasteiger partial charge in [-0.3, -0.25) is 4.98 Å². The van der Waals surface area contributed by atoms with Gasteiger partial charge in [0.15, 0.2) is 0 Å². The largest absolute Gasteiger partial charge is 0.387 e. The van der Waals surface area contributed by atoms with E-state index in [0.717, 1.165) is 22.1 Å². The van der Waals surface area contributed by atoms with E-state index in [9.17, 15) is 5.11 Å². The average Bonchev–Trinajstić information content (AvgIpc) is 3.02. The van der Waals surface area contributed by atoms with Crippen LogP contribution >= 0.6 is 11.3 Å². The maximum absolute atomic E-state index is 10.1. The topological polar surface area (TPSA) is 70.9 Å². The summed E-state index contributed by atoms with van der Waals surface area (Å²) >= 11 is 1.51. The fraction of sp³-hybridized carbons (Fsp3) is 0.188. The lowest BCUT2D eigenvalue weighted by Crippen LogP contribution is -2.11. The van der Waals surface area contributed by atoms with E-state index in [1.54, 1.807) is 24.5 Å². The molecule has 6 heteroatoms. The van der Waals surface area contributed by atoms with E-state index < -0.39 is 6.10 Å². The number of aliphatic hydroxyl groups excluding tert-OH is 1. The second kappa shape index (κ2) is 7.11. The standard InChI is InChI=1S/C16H16N4OS/c21-14(13-6-8-17-9-7-13)11-18-16-20-19-15(22-16)10-12-4-2-1-3-5-12/h1-9,14,21H,10-11H2,(H,18,20). The van der Waals surface area contributed by atoms with Crippen molar-refractivity contribution in [2.75, 3.05) is 11.9 Å². The molecular formula is C16H16N4OS. The van der Waals surface area contributed by atoms with Crippen molar-refractivity contribution in [3.05, 3.63) is 71.0 Å². The Balaban J connectivity index is 1.56. The average molecular weight is 312 g/mol. The quantitative estimate of drug-likeness (QED) is 0.732. The van der Waals surface area contributed by atoms with Gasteiger partial charge in [-0.05, 0) is 23.3 Å². The summed E-state index contributed by atoms with van der Waals surface area (Å²) in [5, 5.41) is 23.2. The van der Waals surface area contributed by atoms with Crippen molar-refractivity contribution in [1.82, 2.24) is 15.2 Å². The summed E-state index contributed by atoms with van der Waals surface area (Å²) in [5.41, 5.74) is 2.04. The van der Waals surface area contributed by atoms with Crippen molar-refractivity contribution in [1.29, 1.82) is 0 Å². The Morgan fingerprint density at radius 1 is 1.05 bits per heavy atom. The molecule has 0 aliphatic carbocycles. The zero-order chi connectivity index (χ0) is 15.2. The molecule has 0 saturated carbocycles. The molecule has 5 nitrogen and oxygen atoms in total. The Hall–Kier alpha value is -2.31. The van der Waals surface area contributed by atoms with Gasteiger partial charge in [0.1, 0.15) is 5.01 Å². The van der Waals surface area contributed by atoms with Crippen molar-refractivity contribution in [3.8, 4) is 0 Å². The van der Waals surface area contributed by atoms with E-state index in [0.29, 0.717) is 6.54 Å². The molecular weight excluding hydrogens is 296 g/mol. The molecule has 22 heavy (non-hydrogen) atoms. The van der Waals surface area contributed by atoms with Gasteiger partial charge in [-0.2, -0.15) is 0 Å². The fourth-order valence-electron chi connectivity index (χ4n) is 2.05. The van der Waals surface area contributed by atoms with Gasteiger partial charge in [0.05, 0.1) is 6.10 Å². The van der Waals surface area contributed by atoms with Crippen LogP contribution in [0.25, 0.3) is 0 Å². The second-order valence-corrected chi connectivity index (χ2v) is 5.90. The lowest BCUT2D eigenvalue weighted by Gasteiger charge is -2.10. The lowest BCUT2D eigenvalue weighted by molar-refractivity contribution is 0.191. The van der Waals surface area contributed by atoms with Gasteiger partial charge >= 0.3 is 0 Å². The van der Waals surface area contributed by atoms with Crippen LogP contribution in [-0.2, 0) is 6.42 Å². The number of rotatable bonds is 6. The molecule has 0 fully saturated rings. The summed E-state index contributed by atoms with van der Waals surface area (Å²) in [6, 6.07) is 13.8. The molecule has 2 N–H and O–H groups in total. The highest BCUT2D eigenvalue weighted by atomic mass is 32.1. The highest BCUT2D eigenvalue weighted by molar-refractivity contribution is 7.15. The number of nitrogens with one attached hydrogen (secondary N) is 1. The Morgan fingerprint density at radius 2 is 1.82 bits per heavy atom. The lowest BCUT2D eigenvalue weighted by atomic mass is 10.1. The second-order valence-electron chi connectivity index (χ2n) is 4.84. The number of pyridine rings is 1. The minimum absolute atomic E-state index is 0.393. The number of hydrogen-bond acceptors (Lipinski definition) is 6. The van der Waals surface area contributed by atoms with E-state index in [-0.39, 0.29) is 0 Å². The highest BCUT2D eigenvalue weighted by Crippen LogP contribution is 2.20. The molecule has 1 unspecified atom stereocenters. The molecule has 0 spiro atoms. The number of hydrogen-bond donors (Lipinski definition) is 2. The predicted octanol–water partition coefficient (Wildman–Crippen LogP) is 2.67. The molecule has 0 amide bonds. The SMILES string of the molecule is OC(CNc1nnc(Cc2ccccc2)s1)c1ccncc1. The van der Waals surface area contributed by atoms with Crippen LogP contribution in [-0.4, -0.2) is 26.8 Å². The van der Waals surface area contributed by atoms with Crippen LogP contribution in [0.15, 0.2) is 54.9 Å². The van der Waals surface area contributed by atoms with Gasteiger partial charge in [-0.15, -0.1) is 10.2 Å². The van der Waals surface area contributed by atoms with Crippen LogP contribution in [0.1, 0.15) is 22.2 Å². The van der Waals surface area contributed by atoms with Gasteiger partial charge in [0, 0.05) is 25.4 Å².